The van der Waals surface area contributed by atoms with Gasteiger partial charge in [-0.25, -0.2) is 0 Å². The first-order chi connectivity index (χ1) is 1.73. The summed E-state index contributed by atoms with van der Waals surface area (Å²) in [5.41, 5.74) is 4.24. The van der Waals surface area contributed by atoms with Crippen molar-refractivity contribution < 1.29 is 4.79 Å². The van der Waals surface area contributed by atoms with E-state index in [1.54, 1.807) is 0 Å². The molecule has 0 rings (SSSR count). The van der Waals surface area contributed by atoms with E-state index >= 15 is 0 Å². The number of primary amides is 1. The van der Waals surface area contributed by atoms with E-state index in [9.17, 15) is 0 Å². The second-order valence-electron chi connectivity index (χ2n) is 0.304. The molecule has 0 bridgehead atoms. The molecular weight excluding hydrogens is 117 g/mol. The van der Waals surface area contributed by atoms with Crippen molar-refractivity contribution in [2.75, 3.05) is 0 Å². The van der Waals surface area contributed by atoms with Gasteiger partial charge in [0.1, 0.15) is 0 Å². The number of nitrogens with two attached hydrogens (primary N) is 1. The summed E-state index contributed by atoms with van der Waals surface area (Å²) >= 11 is 4.41. The molecule has 1 radical (unpaired) electrons. The first-order valence-corrected chi connectivity index (χ1v) is 1.06. The van der Waals surface area contributed by atoms with E-state index in [4.69, 9.17) is 4.79 Å². The number of amides is 1. The van der Waals surface area contributed by atoms with Crippen molar-refractivity contribution in [1.82, 2.24) is 0 Å². The SMILES string of the molecule is NC(=O)Cl.[K]. The number of carbonyl (C=O) groups is 1. The van der Waals surface area contributed by atoms with Gasteiger partial charge in [-0.05, 0) is 11.6 Å². The van der Waals surface area contributed by atoms with Crippen LogP contribution in [0.15, 0.2) is 0 Å². The van der Waals surface area contributed by atoms with Gasteiger partial charge in [0.2, 0.25) is 0 Å². The monoisotopic (exact) mass is 118 g/mol. The van der Waals surface area contributed by atoms with E-state index in [1.807, 2.05) is 0 Å². The van der Waals surface area contributed by atoms with E-state index in [-0.39, 0.29) is 51.4 Å². The predicted octanol–water partition coefficient (Wildman–Crippen LogP) is -0.0769. The fourth-order valence-electron chi connectivity index (χ4n) is 0. The maximum atomic E-state index is 8.99. The first-order valence-electron chi connectivity index (χ1n) is 0.682. The fraction of sp³-hybridized carbons (Fsp3) is 0. The van der Waals surface area contributed by atoms with Crippen molar-refractivity contribution in [3.05, 3.63) is 0 Å². The van der Waals surface area contributed by atoms with Crippen LogP contribution < -0.4 is 5.73 Å². The van der Waals surface area contributed by atoms with E-state index in [0.29, 0.717) is 0 Å². The van der Waals surface area contributed by atoms with Gasteiger partial charge in [-0.3, -0.25) is 4.79 Å². The molecule has 0 heterocycles. The summed E-state index contributed by atoms with van der Waals surface area (Å²) in [6.45, 7) is 0. The van der Waals surface area contributed by atoms with Gasteiger partial charge in [0, 0.05) is 51.4 Å². The van der Waals surface area contributed by atoms with Gasteiger partial charge in [0.15, 0.2) is 0 Å². The molecular formula is CH2ClKNO. The van der Waals surface area contributed by atoms with Crippen LogP contribution in [0.5, 0.6) is 0 Å². The van der Waals surface area contributed by atoms with Gasteiger partial charge >= 0.3 is 5.37 Å². The summed E-state index contributed by atoms with van der Waals surface area (Å²) in [6.07, 6.45) is 0. The minimum Gasteiger partial charge on any atom is -0.356 e. The van der Waals surface area contributed by atoms with Gasteiger partial charge < -0.3 is 5.73 Å². The normalized spacial score (nSPS) is 5.00. The maximum absolute atomic E-state index is 8.99. The zero-order valence-electron chi connectivity index (χ0n) is 2.86. The molecule has 2 nitrogen and oxygen atoms in total. The smallest absolute Gasteiger partial charge is 0.311 e. The molecule has 0 saturated heterocycles. The number of halogens is 1. The molecule has 0 aromatic heterocycles. The summed E-state index contributed by atoms with van der Waals surface area (Å²) in [5, 5.41) is -0.861. The van der Waals surface area contributed by atoms with Crippen LogP contribution in [-0.4, -0.2) is 56.8 Å². The van der Waals surface area contributed by atoms with Crippen molar-refractivity contribution in [2.24, 2.45) is 5.73 Å². The van der Waals surface area contributed by atoms with Crippen LogP contribution in [0.3, 0.4) is 0 Å². The summed E-state index contributed by atoms with van der Waals surface area (Å²) < 4.78 is 0. The Bertz CT molecular complexity index is 34.6. The third-order valence-electron chi connectivity index (χ3n) is 0. The van der Waals surface area contributed by atoms with Crippen molar-refractivity contribution in [2.45, 2.75) is 0 Å². The molecule has 2 N–H and O–H groups in total. The number of carbonyl (C=O) groups excluding carboxylic acids is 1. The third-order valence-corrected chi connectivity index (χ3v) is 0. The average Bonchev–Trinajstić information content (AvgIpc) is 0.811. The van der Waals surface area contributed by atoms with Crippen molar-refractivity contribution in [1.29, 1.82) is 0 Å². The van der Waals surface area contributed by atoms with E-state index in [1.165, 1.54) is 0 Å². The number of rotatable bonds is 0. The molecule has 0 aliphatic heterocycles. The van der Waals surface area contributed by atoms with Gasteiger partial charge in [-0.15, -0.1) is 0 Å². The zero-order valence-corrected chi connectivity index (χ0v) is 6.74. The molecule has 0 atom stereocenters. The standard InChI is InChI=1S/CH2ClNO.K/c2-1(3)4;/h(H2,3,4);. The summed E-state index contributed by atoms with van der Waals surface area (Å²) in [7, 11) is 0. The minimum atomic E-state index is -0.861. The zero-order chi connectivity index (χ0) is 3.58. The summed E-state index contributed by atoms with van der Waals surface area (Å²) in [5.74, 6) is 0. The van der Waals surface area contributed by atoms with Gasteiger partial charge in [0.25, 0.3) is 0 Å². The largest absolute Gasteiger partial charge is 0.356 e. The Balaban J connectivity index is 0. The Morgan fingerprint density at radius 2 is 1.80 bits per heavy atom. The predicted molar refractivity (Wildman–Crippen MR) is 21.2 cm³/mol. The average molecular weight is 119 g/mol. The van der Waals surface area contributed by atoms with Crippen LogP contribution in [-0.2, 0) is 0 Å². The minimum absolute atomic E-state index is 0. The number of hydrogen-bond donors (Lipinski definition) is 1. The van der Waals surface area contributed by atoms with E-state index in [2.05, 4.69) is 17.3 Å². The molecule has 0 aromatic rings. The Labute approximate surface area is 77.5 Å². The van der Waals surface area contributed by atoms with E-state index in [0.717, 1.165) is 0 Å². The van der Waals surface area contributed by atoms with E-state index < -0.39 is 5.37 Å². The molecule has 0 fully saturated rings. The molecule has 1 amide bonds. The van der Waals surface area contributed by atoms with Crippen molar-refractivity contribution in [3.8, 4) is 0 Å². The first kappa shape index (κ1) is 9.64. The van der Waals surface area contributed by atoms with Gasteiger partial charge in [-0.1, -0.05) is 0 Å². The maximum Gasteiger partial charge on any atom is 0.311 e. The molecule has 0 spiro atoms. The molecule has 4 heteroatoms. The van der Waals surface area contributed by atoms with Crippen LogP contribution in [0.2, 0.25) is 0 Å². The Hall–Kier alpha value is 1.40. The second kappa shape index (κ2) is 5.40. The molecule has 0 unspecified atom stereocenters. The number of hydrogen-bond acceptors (Lipinski definition) is 1. The summed E-state index contributed by atoms with van der Waals surface area (Å²) in [4.78, 5) is 8.99. The molecule has 25 valence electrons. The molecule has 0 saturated carbocycles. The van der Waals surface area contributed by atoms with Crippen LogP contribution in [0.25, 0.3) is 0 Å². The molecule has 0 aromatic carbocycles. The van der Waals surface area contributed by atoms with Crippen molar-refractivity contribution in [3.63, 3.8) is 0 Å². The van der Waals surface area contributed by atoms with Gasteiger partial charge in [0.05, 0.1) is 0 Å². The van der Waals surface area contributed by atoms with Crippen molar-refractivity contribution >= 4 is 68.4 Å². The topological polar surface area (TPSA) is 43.1 Å². The third kappa shape index (κ3) is 31.9. The molecule has 0 aliphatic rings. The second-order valence-corrected chi connectivity index (χ2v) is 0.677. The quantitative estimate of drug-likeness (QED) is 0.270. The molecule has 0 aliphatic carbocycles. The fourth-order valence-corrected chi connectivity index (χ4v) is 0. The van der Waals surface area contributed by atoms with Crippen LogP contribution >= 0.6 is 11.6 Å². The van der Waals surface area contributed by atoms with Crippen LogP contribution in [0.1, 0.15) is 0 Å². The van der Waals surface area contributed by atoms with Crippen LogP contribution in [0, 0.1) is 0 Å². The summed E-state index contributed by atoms with van der Waals surface area (Å²) in [6, 6.07) is 0. The van der Waals surface area contributed by atoms with Gasteiger partial charge in [-0.2, -0.15) is 0 Å². The molecule has 5 heavy (non-hydrogen) atoms. The van der Waals surface area contributed by atoms with Crippen LogP contribution in [0.4, 0.5) is 4.79 Å². The Kier molecular flexibility index (Phi) is 10.4. The Morgan fingerprint density at radius 3 is 1.80 bits per heavy atom. The Morgan fingerprint density at radius 1 is 1.80 bits per heavy atom.